The molecule has 0 saturated carbocycles. The molecule has 0 aliphatic carbocycles. The molecule has 1 aromatic carbocycles. The summed E-state index contributed by atoms with van der Waals surface area (Å²) in [5, 5.41) is 3.90. The second-order valence-corrected chi connectivity index (χ2v) is 6.16. The molecule has 112 valence electrons. The Bertz CT molecular complexity index is 624. The van der Waals surface area contributed by atoms with Gasteiger partial charge >= 0.3 is 0 Å². The summed E-state index contributed by atoms with van der Waals surface area (Å²) in [6.45, 7) is 4.72. The summed E-state index contributed by atoms with van der Waals surface area (Å²) < 4.78 is 13.0. The third-order valence-corrected chi connectivity index (χ3v) is 4.26. The van der Waals surface area contributed by atoms with E-state index in [9.17, 15) is 9.18 Å². The quantitative estimate of drug-likeness (QED) is 0.891. The van der Waals surface area contributed by atoms with E-state index >= 15 is 0 Å². The fraction of sp³-hybridized carbons (Fsp3) is 0.375. The smallest absolute Gasteiger partial charge is 0.224 e. The lowest BCUT2D eigenvalue weighted by molar-refractivity contribution is -0.120. The Morgan fingerprint density at radius 1 is 1.43 bits per heavy atom. The molecule has 0 fully saturated rings. The van der Waals surface area contributed by atoms with Crippen molar-refractivity contribution < 1.29 is 9.18 Å². The highest BCUT2D eigenvalue weighted by Gasteiger charge is 2.07. The van der Waals surface area contributed by atoms with Crippen LogP contribution in [0.5, 0.6) is 0 Å². The van der Waals surface area contributed by atoms with Crippen LogP contribution in [0.25, 0.3) is 0 Å². The normalized spacial score (nSPS) is 10.6. The van der Waals surface area contributed by atoms with E-state index in [-0.39, 0.29) is 18.1 Å². The highest BCUT2D eigenvalue weighted by Crippen LogP contribution is 2.17. The van der Waals surface area contributed by atoms with Crippen LogP contribution in [0.3, 0.4) is 0 Å². The average Bonchev–Trinajstić information content (AvgIpc) is 2.79. The van der Waals surface area contributed by atoms with Crippen molar-refractivity contribution in [1.82, 2.24) is 10.3 Å². The molecule has 0 bridgehead atoms. The number of hydrogen-bond donors (Lipinski definition) is 1. The van der Waals surface area contributed by atoms with Crippen molar-refractivity contribution in [3.63, 3.8) is 0 Å². The number of rotatable bonds is 6. The molecule has 3 nitrogen and oxygen atoms in total. The Morgan fingerprint density at radius 2 is 2.24 bits per heavy atom. The summed E-state index contributed by atoms with van der Waals surface area (Å²) in [4.78, 5) is 17.6. The van der Waals surface area contributed by atoms with E-state index in [2.05, 4.69) is 24.1 Å². The van der Waals surface area contributed by atoms with E-state index in [1.165, 1.54) is 17.0 Å². The van der Waals surface area contributed by atoms with Gasteiger partial charge in [-0.15, -0.1) is 11.3 Å². The molecule has 0 aliphatic rings. The lowest BCUT2D eigenvalue weighted by Crippen LogP contribution is -2.27. The molecule has 2 aromatic rings. The topological polar surface area (TPSA) is 42.0 Å². The molecule has 1 heterocycles. The van der Waals surface area contributed by atoms with Gasteiger partial charge in [0.25, 0.3) is 0 Å². The van der Waals surface area contributed by atoms with Gasteiger partial charge in [0.15, 0.2) is 0 Å². The zero-order valence-corrected chi connectivity index (χ0v) is 13.1. The SMILES string of the molecule is CCc1nc(CCNC(=O)Cc2cccc(F)c2)sc1C. The molecule has 0 radical (unpaired) electrons. The zero-order valence-electron chi connectivity index (χ0n) is 12.3. The second-order valence-electron chi connectivity index (χ2n) is 4.87. The highest BCUT2D eigenvalue weighted by atomic mass is 32.1. The molecular formula is C16H19FN2OS. The first-order valence-corrected chi connectivity index (χ1v) is 7.86. The number of carbonyl (C=O) groups is 1. The van der Waals surface area contributed by atoms with Gasteiger partial charge in [0.2, 0.25) is 5.91 Å². The van der Waals surface area contributed by atoms with Crippen molar-refractivity contribution in [2.75, 3.05) is 6.54 Å². The predicted octanol–water partition coefficient (Wildman–Crippen LogP) is 3.05. The van der Waals surface area contributed by atoms with Gasteiger partial charge in [-0.25, -0.2) is 9.37 Å². The van der Waals surface area contributed by atoms with Crippen LogP contribution < -0.4 is 5.32 Å². The van der Waals surface area contributed by atoms with E-state index in [1.54, 1.807) is 23.5 Å². The van der Waals surface area contributed by atoms with Crippen molar-refractivity contribution in [1.29, 1.82) is 0 Å². The number of aromatic nitrogens is 1. The van der Waals surface area contributed by atoms with Gasteiger partial charge in [0, 0.05) is 17.8 Å². The summed E-state index contributed by atoms with van der Waals surface area (Å²) >= 11 is 1.68. The van der Waals surface area contributed by atoms with E-state index in [4.69, 9.17) is 0 Å². The van der Waals surface area contributed by atoms with E-state index in [1.807, 2.05) is 0 Å². The molecule has 1 amide bonds. The summed E-state index contributed by atoms with van der Waals surface area (Å²) in [6.07, 6.45) is 1.88. The van der Waals surface area contributed by atoms with Crippen LogP contribution >= 0.6 is 11.3 Å². The minimum atomic E-state index is -0.314. The Morgan fingerprint density at radius 3 is 2.90 bits per heavy atom. The number of thiazole rings is 1. The molecule has 0 aliphatic heterocycles. The third kappa shape index (κ3) is 4.63. The van der Waals surface area contributed by atoms with Crippen LogP contribution in [0, 0.1) is 12.7 Å². The van der Waals surface area contributed by atoms with Crippen LogP contribution in [0.1, 0.15) is 28.1 Å². The number of nitrogens with zero attached hydrogens (tertiary/aromatic N) is 1. The van der Waals surface area contributed by atoms with E-state index in [0.29, 0.717) is 12.1 Å². The first-order chi connectivity index (χ1) is 10.1. The molecule has 0 atom stereocenters. The van der Waals surface area contributed by atoms with Gasteiger partial charge in [0.1, 0.15) is 5.82 Å². The summed E-state index contributed by atoms with van der Waals surface area (Å²) in [6, 6.07) is 6.12. The number of benzene rings is 1. The Balaban J connectivity index is 1.78. The third-order valence-electron chi connectivity index (χ3n) is 3.19. The molecule has 0 unspecified atom stereocenters. The number of aryl methyl sites for hydroxylation is 2. The Labute approximate surface area is 128 Å². The van der Waals surface area contributed by atoms with Crippen molar-refractivity contribution >= 4 is 17.2 Å². The number of carbonyl (C=O) groups excluding carboxylic acids is 1. The maximum absolute atomic E-state index is 13.0. The molecule has 1 N–H and O–H groups in total. The maximum atomic E-state index is 13.0. The van der Waals surface area contributed by atoms with Gasteiger partial charge < -0.3 is 5.32 Å². The predicted molar refractivity (Wildman–Crippen MR) is 83.0 cm³/mol. The van der Waals surface area contributed by atoms with Crippen LogP contribution in [0.4, 0.5) is 4.39 Å². The van der Waals surface area contributed by atoms with Crippen molar-refractivity contribution in [2.24, 2.45) is 0 Å². The zero-order chi connectivity index (χ0) is 15.2. The minimum absolute atomic E-state index is 0.0930. The Kier molecular flexibility index (Phi) is 5.44. The lowest BCUT2D eigenvalue weighted by atomic mass is 10.1. The molecule has 21 heavy (non-hydrogen) atoms. The van der Waals surface area contributed by atoms with E-state index in [0.717, 1.165) is 23.5 Å². The fourth-order valence-electron chi connectivity index (χ4n) is 2.13. The van der Waals surface area contributed by atoms with Gasteiger partial charge in [0.05, 0.1) is 17.1 Å². The van der Waals surface area contributed by atoms with Crippen LogP contribution in [-0.4, -0.2) is 17.4 Å². The van der Waals surface area contributed by atoms with Crippen molar-refractivity contribution in [2.45, 2.75) is 33.1 Å². The average molecular weight is 306 g/mol. The molecule has 5 heteroatoms. The van der Waals surface area contributed by atoms with Gasteiger partial charge in [-0.05, 0) is 31.0 Å². The van der Waals surface area contributed by atoms with Gasteiger partial charge in [-0.3, -0.25) is 4.79 Å². The standard InChI is InChI=1S/C16H19FN2OS/c1-3-14-11(2)21-16(19-14)7-8-18-15(20)10-12-5-4-6-13(17)9-12/h4-6,9H,3,7-8,10H2,1-2H3,(H,18,20). The first kappa shape index (κ1) is 15.6. The monoisotopic (exact) mass is 306 g/mol. The molecule has 2 rings (SSSR count). The van der Waals surface area contributed by atoms with Crippen molar-refractivity contribution in [3.05, 3.63) is 51.2 Å². The summed E-state index contributed by atoms with van der Waals surface area (Å²) in [7, 11) is 0. The molecule has 0 saturated heterocycles. The fourth-order valence-corrected chi connectivity index (χ4v) is 3.15. The summed E-state index contributed by atoms with van der Waals surface area (Å²) in [5.74, 6) is -0.407. The van der Waals surface area contributed by atoms with Crippen LogP contribution in [-0.2, 0) is 24.1 Å². The first-order valence-electron chi connectivity index (χ1n) is 7.04. The number of hydrogen-bond acceptors (Lipinski definition) is 3. The number of amides is 1. The molecular weight excluding hydrogens is 287 g/mol. The molecule has 0 spiro atoms. The largest absolute Gasteiger partial charge is 0.355 e. The van der Waals surface area contributed by atoms with Gasteiger partial charge in [-0.2, -0.15) is 0 Å². The van der Waals surface area contributed by atoms with E-state index < -0.39 is 0 Å². The number of nitrogens with one attached hydrogen (secondary N) is 1. The Hall–Kier alpha value is -1.75. The van der Waals surface area contributed by atoms with Crippen molar-refractivity contribution in [3.8, 4) is 0 Å². The lowest BCUT2D eigenvalue weighted by Gasteiger charge is -2.04. The van der Waals surface area contributed by atoms with Crippen LogP contribution in [0.15, 0.2) is 24.3 Å². The van der Waals surface area contributed by atoms with Crippen LogP contribution in [0.2, 0.25) is 0 Å². The second kappa shape index (κ2) is 7.31. The van der Waals surface area contributed by atoms with Gasteiger partial charge in [-0.1, -0.05) is 19.1 Å². The summed E-state index contributed by atoms with van der Waals surface area (Å²) in [5.41, 5.74) is 1.83. The maximum Gasteiger partial charge on any atom is 0.224 e. The molecule has 1 aromatic heterocycles. The minimum Gasteiger partial charge on any atom is -0.355 e. The highest BCUT2D eigenvalue weighted by molar-refractivity contribution is 7.11. The number of halogens is 1.